The predicted octanol–water partition coefficient (Wildman–Crippen LogP) is 2.70. The molecule has 0 radical (unpaired) electrons. The zero-order chi connectivity index (χ0) is 10.5. The normalized spacial score (nSPS) is 9.27. The molecule has 0 saturated carbocycles. The van der Waals surface area contributed by atoms with E-state index in [9.17, 15) is 0 Å². The number of anilines is 2. The summed E-state index contributed by atoms with van der Waals surface area (Å²) in [6, 6.07) is 8.92. The molecule has 2 aromatic heterocycles. The highest BCUT2D eigenvalue weighted by Gasteiger charge is 2.03. The van der Waals surface area contributed by atoms with Crippen molar-refractivity contribution in [2.75, 3.05) is 5.32 Å². The van der Waals surface area contributed by atoms with Gasteiger partial charge in [-0.2, -0.15) is 0 Å². The summed E-state index contributed by atoms with van der Waals surface area (Å²) >= 11 is 0. The number of aromatic nitrogens is 2. The van der Waals surface area contributed by atoms with Crippen LogP contribution in [0.2, 0.25) is 0 Å². The van der Waals surface area contributed by atoms with E-state index in [0.717, 1.165) is 5.82 Å². The highest BCUT2D eigenvalue weighted by Crippen LogP contribution is 2.15. The van der Waals surface area contributed by atoms with Crippen LogP contribution >= 0.6 is 0 Å². The van der Waals surface area contributed by atoms with E-state index in [2.05, 4.69) is 20.3 Å². The molecule has 0 fully saturated rings. The topological polar surface area (TPSA) is 66.0 Å². The van der Waals surface area contributed by atoms with Crippen LogP contribution in [0.3, 0.4) is 0 Å². The lowest BCUT2D eigenvalue weighted by molar-refractivity contribution is 1.25. The molecular weight excluding hydrogens is 190 g/mol. The van der Waals surface area contributed by atoms with Crippen LogP contribution in [0.4, 0.5) is 17.3 Å². The summed E-state index contributed by atoms with van der Waals surface area (Å²) in [5.74, 6) is 1.37. The Morgan fingerprint density at radius 2 is 1.93 bits per heavy atom. The van der Waals surface area contributed by atoms with E-state index in [0.29, 0.717) is 11.5 Å². The van der Waals surface area contributed by atoms with Crippen LogP contribution in [0.5, 0.6) is 0 Å². The number of nitrogens with zero attached hydrogens (tertiary/aromatic N) is 4. The van der Waals surface area contributed by atoms with Gasteiger partial charge >= 0.3 is 5.69 Å². The summed E-state index contributed by atoms with van der Waals surface area (Å²) in [6.07, 6.45) is 3.16. The molecule has 0 unspecified atom stereocenters. The molecule has 0 aromatic carbocycles. The Balaban J connectivity index is 2.16. The standard InChI is InChI=1S/C10H8N5/c11-15-8-4-5-10(13-7-8)14-9-3-1-2-6-12-9/h1-7H,(H,12,13,14)/q+1. The molecule has 0 atom stereocenters. The predicted molar refractivity (Wildman–Crippen MR) is 56.5 cm³/mol. The van der Waals surface area contributed by atoms with Gasteiger partial charge in [-0.15, -0.1) is 0 Å². The second kappa shape index (κ2) is 4.15. The number of nitrogens with one attached hydrogen (secondary N) is 1. The molecule has 0 aliphatic rings. The van der Waals surface area contributed by atoms with Crippen LogP contribution in [0.1, 0.15) is 0 Å². The van der Waals surface area contributed by atoms with Gasteiger partial charge in [0.15, 0.2) is 4.98 Å². The number of hydrogen-bond acceptors (Lipinski definition) is 4. The maximum Gasteiger partial charge on any atom is 0.403 e. The Morgan fingerprint density at radius 1 is 1.07 bits per heavy atom. The second-order valence-corrected chi connectivity index (χ2v) is 2.84. The second-order valence-electron chi connectivity index (χ2n) is 2.84. The van der Waals surface area contributed by atoms with Gasteiger partial charge < -0.3 is 5.32 Å². The van der Waals surface area contributed by atoms with E-state index in [1.165, 1.54) is 6.20 Å². The molecule has 2 rings (SSSR count). The molecule has 72 valence electrons. The van der Waals surface area contributed by atoms with Gasteiger partial charge in [-0.3, -0.25) is 0 Å². The quantitative estimate of drug-likeness (QED) is 0.753. The lowest BCUT2D eigenvalue weighted by Crippen LogP contribution is -1.94. The minimum Gasteiger partial charge on any atom is -0.325 e. The van der Waals surface area contributed by atoms with Crippen molar-refractivity contribution >= 4 is 17.3 Å². The van der Waals surface area contributed by atoms with Crippen molar-refractivity contribution in [2.45, 2.75) is 0 Å². The van der Waals surface area contributed by atoms with E-state index < -0.39 is 0 Å². The maximum atomic E-state index is 8.47. The van der Waals surface area contributed by atoms with Gasteiger partial charge in [-0.25, -0.2) is 9.97 Å². The lowest BCUT2D eigenvalue weighted by Gasteiger charge is -2.01. The highest BCUT2D eigenvalue weighted by atomic mass is 15.0. The number of diazo groups is 1. The Kier molecular flexibility index (Phi) is 2.52. The van der Waals surface area contributed by atoms with Crippen LogP contribution in [0.25, 0.3) is 4.98 Å². The number of rotatable bonds is 2. The Morgan fingerprint density at radius 3 is 2.53 bits per heavy atom. The Hall–Kier alpha value is -2.48. The van der Waals surface area contributed by atoms with Crippen molar-refractivity contribution in [3.05, 3.63) is 47.7 Å². The smallest absolute Gasteiger partial charge is 0.325 e. The summed E-state index contributed by atoms with van der Waals surface area (Å²) in [5, 5.41) is 11.5. The number of hydrogen-bond donors (Lipinski definition) is 1. The van der Waals surface area contributed by atoms with E-state index in [1.807, 2.05) is 18.2 Å². The average molecular weight is 198 g/mol. The van der Waals surface area contributed by atoms with Crippen molar-refractivity contribution in [1.82, 2.24) is 9.97 Å². The molecular formula is C10H8N5+. The third-order valence-corrected chi connectivity index (χ3v) is 1.78. The van der Waals surface area contributed by atoms with Gasteiger partial charge in [0.1, 0.15) is 17.8 Å². The average Bonchev–Trinajstić information content (AvgIpc) is 2.31. The molecule has 0 bridgehead atoms. The number of pyridine rings is 2. The third kappa shape index (κ3) is 2.25. The fraction of sp³-hybridized carbons (Fsp3) is 0. The fourth-order valence-corrected chi connectivity index (χ4v) is 1.09. The summed E-state index contributed by atoms with van der Waals surface area (Å²) in [5.41, 5.74) is 0.418. The minimum absolute atomic E-state index is 0.418. The summed E-state index contributed by atoms with van der Waals surface area (Å²) in [6.45, 7) is 0. The largest absolute Gasteiger partial charge is 0.403 e. The molecule has 0 spiro atoms. The SMILES string of the molecule is N#[N+]c1ccc(Nc2ccccn2)nc1. The van der Waals surface area contributed by atoms with Gasteiger partial charge in [0.05, 0.1) is 0 Å². The van der Waals surface area contributed by atoms with Gasteiger partial charge in [-0.1, -0.05) is 6.07 Å². The molecule has 2 aromatic rings. The molecule has 0 saturated heterocycles. The molecule has 2 heterocycles. The third-order valence-electron chi connectivity index (χ3n) is 1.78. The molecule has 15 heavy (non-hydrogen) atoms. The maximum absolute atomic E-state index is 8.47. The molecule has 5 nitrogen and oxygen atoms in total. The van der Waals surface area contributed by atoms with Crippen LogP contribution < -0.4 is 5.32 Å². The first-order valence-corrected chi connectivity index (χ1v) is 4.38. The van der Waals surface area contributed by atoms with Crippen molar-refractivity contribution < 1.29 is 0 Å². The van der Waals surface area contributed by atoms with Crippen molar-refractivity contribution in [3.63, 3.8) is 0 Å². The molecule has 0 aliphatic carbocycles. The first-order chi connectivity index (χ1) is 7.38. The zero-order valence-corrected chi connectivity index (χ0v) is 7.83. The molecule has 1 N–H and O–H groups in total. The summed E-state index contributed by atoms with van der Waals surface area (Å²) in [7, 11) is 0. The minimum atomic E-state index is 0.418. The molecule has 0 amide bonds. The van der Waals surface area contributed by atoms with Gasteiger partial charge in [0, 0.05) is 12.3 Å². The fourth-order valence-electron chi connectivity index (χ4n) is 1.09. The Bertz CT molecular complexity index is 471. The van der Waals surface area contributed by atoms with Gasteiger partial charge in [-0.05, 0) is 18.2 Å². The van der Waals surface area contributed by atoms with Crippen LogP contribution in [0.15, 0.2) is 42.7 Å². The molecule has 0 aliphatic heterocycles. The van der Waals surface area contributed by atoms with Gasteiger partial charge in [0.25, 0.3) is 0 Å². The summed E-state index contributed by atoms with van der Waals surface area (Å²) in [4.78, 5) is 11.1. The van der Waals surface area contributed by atoms with Crippen LogP contribution in [0, 0.1) is 5.39 Å². The first-order valence-electron chi connectivity index (χ1n) is 4.38. The van der Waals surface area contributed by atoms with E-state index in [1.54, 1.807) is 18.3 Å². The highest BCUT2D eigenvalue weighted by molar-refractivity contribution is 5.54. The van der Waals surface area contributed by atoms with E-state index in [4.69, 9.17) is 5.39 Å². The van der Waals surface area contributed by atoms with Crippen molar-refractivity contribution in [3.8, 4) is 0 Å². The lowest BCUT2D eigenvalue weighted by atomic mass is 10.4. The summed E-state index contributed by atoms with van der Waals surface area (Å²) < 4.78 is 0. The van der Waals surface area contributed by atoms with Crippen molar-refractivity contribution in [2.24, 2.45) is 0 Å². The monoisotopic (exact) mass is 198 g/mol. The van der Waals surface area contributed by atoms with Crippen molar-refractivity contribution in [1.29, 1.82) is 5.39 Å². The van der Waals surface area contributed by atoms with Crippen LogP contribution in [-0.2, 0) is 0 Å². The zero-order valence-electron chi connectivity index (χ0n) is 7.83. The Labute approximate surface area is 86.4 Å². The molecule has 5 heteroatoms. The van der Waals surface area contributed by atoms with Gasteiger partial charge in [0.2, 0.25) is 5.39 Å². The van der Waals surface area contributed by atoms with E-state index >= 15 is 0 Å². The van der Waals surface area contributed by atoms with Crippen LogP contribution in [-0.4, -0.2) is 9.97 Å². The van der Waals surface area contributed by atoms with E-state index in [-0.39, 0.29) is 0 Å². The first kappa shape index (κ1) is 9.09.